The van der Waals surface area contributed by atoms with Gasteiger partial charge >= 0.3 is 6.09 Å². The second-order valence-corrected chi connectivity index (χ2v) is 6.95. The number of nitrogens with zero attached hydrogens (tertiary/aromatic N) is 2. The molecule has 1 aliphatic rings. The van der Waals surface area contributed by atoms with Crippen LogP contribution in [0.1, 0.15) is 38.4 Å². The Morgan fingerprint density at radius 1 is 1.39 bits per heavy atom. The average Bonchev–Trinajstić information content (AvgIpc) is 2.92. The van der Waals surface area contributed by atoms with Crippen LogP contribution in [-0.4, -0.2) is 39.7 Å². The van der Waals surface area contributed by atoms with Crippen LogP contribution in [0.25, 0.3) is 16.6 Å². The highest BCUT2D eigenvalue weighted by atomic mass is 16.6. The van der Waals surface area contributed by atoms with E-state index in [1.807, 2.05) is 40.0 Å². The van der Waals surface area contributed by atoms with Crippen LogP contribution in [0.2, 0.25) is 0 Å². The Morgan fingerprint density at radius 3 is 2.91 bits per heavy atom. The molecule has 0 atom stereocenters. The summed E-state index contributed by atoms with van der Waals surface area (Å²) in [5.74, 6) is 0. The molecule has 0 saturated heterocycles. The number of aromatic amines is 1. The molecular weight excluding hydrogens is 290 g/mol. The normalized spacial score (nSPS) is 15.7. The number of hydrogen-bond acceptors (Lipinski definition) is 3. The summed E-state index contributed by atoms with van der Waals surface area (Å²) in [7, 11) is 0. The molecule has 2 aromatic rings. The molecule has 1 aliphatic heterocycles. The monoisotopic (exact) mass is 313 g/mol. The molecule has 0 bridgehead atoms. The molecule has 0 aromatic carbocycles. The van der Waals surface area contributed by atoms with Crippen molar-refractivity contribution in [1.82, 2.24) is 14.9 Å². The van der Waals surface area contributed by atoms with Crippen molar-refractivity contribution in [2.24, 2.45) is 0 Å². The molecule has 0 radical (unpaired) electrons. The van der Waals surface area contributed by atoms with E-state index in [4.69, 9.17) is 4.74 Å². The summed E-state index contributed by atoms with van der Waals surface area (Å²) < 4.78 is 5.49. The number of aromatic nitrogens is 2. The first-order valence-electron chi connectivity index (χ1n) is 7.95. The summed E-state index contributed by atoms with van der Waals surface area (Å²) in [6, 6.07) is 4.08. The molecule has 1 N–H and O–H groups in total. The summed E-state index contributed by atoms with van der Waals surface area (Å²) >= 11 is 0. The molecule has 0 fully saturated rings. The fourth-order valence-electron chi connectivity index (χ4n) is 2.82. The Bertz CT molecular complexity index is 768. The zero-order chi connectivity index (χ0) is 16.6. The van der Waals surface area contributed by atoms with Crippen molar-refractivity contribution >= 4 is 22.7 Å². The largest absolute Gasteiger partial charge is 0.444 e. The molecule has 23 heavy (non-hydrogen) atoms. The fourth-order valence-corrected chi connectivity index (χ4v) is 2.82. The third-order valence-electron chi connectivity index (χ3n) is 3.87. The van der Waals surface area contributed by atoms with E-state index < -0.39 is 5.60 Å². The van der Waals surface area contributed by atoms with Crippen molar-refractivity contribution in [2.75, 3.05) is 13.1 Å². The van der Waals surface area contributed by atoms with E-state index in [9.17, 15) is 4.79 Å². The van der Waals surface area contributed by atoms with Gasteiger partial charge in [0, 0.05) is 30.5 Å². The Kier molecular flexibility index (Phi) is 3.88. The predicted octanol–water partition coefficient (Wildman–Crippen LogP) is 3.90. The molecule has 3 rings (SSSR count). The van der Waals surface area contributed by atoms with Gasteiger partial charge in [-0.05, 0) is 51.8 Å². The number of rotatable bonds is 1. The van der Waals surface area contributed by atoms with Crippen LogP contribution >= 0.6 is 0 Å². The zero-order valence-electron chi connectivity index (χ0n) is 14.1. The summed E-state index contributed by atoms with van der Waals surface area (Å²) in [6.45, 7) is 8.92. The third kappa shape index (κ3) is 3.38. The Balaban J connectivity index is 1.83. The first-order valence-corrected chi connectivity index (χ1v) is 7.95. The number of carbonyl (C=O) groups excluding carboxylic acids is 1. The molecule has 2 aromatic heterocycles. The van der Waals surface area contributed by atoms with Crippen molar-refractivity contribution in [3.63, 3.8) is 0 Å². The highest BCUT2D eigenvalue weighted by molar-refractivity contribution is 5.83. The molecule has 5 nitrogen and oxygen atoms in total. The van der Waals surface area contributed by atoms with Crippen LogP contribution in [0.15, 0.2) is 24.4 Å². The number of hydrogen-bond donors (Lipinski definition) is 1. The molecule has 3 heterocycles. The zero-order valence-corrected chi connectivity index (χ0v) is 14.1. The number of aryl methyl sites for hydroxylation is 1. The lowest BCUT2D eigenvalue weighted by Gasteiger charge is -2.30. The quantitative estimate of drug-likeness (QED) is 0.868. The van der Waals surface area contributed by atoms with Crippen molar-refractivity contribution < 1.29 is 9.53 Å². The fraction of sp³-hybridized carbons (Fsp3) is 0.444. The molecule has 1 amide bonds. The van der Waals surface area contributed by atoms with Crippen molar-refractivity contribution in [1.29, 1.82) is 0 Å². The van der Waals surface area contributed by atoms with Gasteiger partial charge in [0.25, 0.3) is 0 Å². The smallest absolute Gasteiger partial charge is 0.410 e. The molecular formula is C18H23N3O2. The number of fused-ring (bicyclic) bond motifs is 1. The van der Waals surface area contributed by atoms with Gasteiger partial charge in [-0.15, -0.1) is 0 Å². The van der Waals surface area contributed by atoms with Gasteiger partial charge in [-0.3, -0.25) is 4.98 Å². The van der Waals surface area contributed by atoms with Gasteiger partial charge in [-0.25, -0.2) is 4.79 Å². The number of H-pyrrole nitrogens is 1. The van der Waals surface area contributed by atoms with Gasteiger partial charge in [0.2, 0.25) is 0 Å². The summed E-state index contributed by atoms with van der Waals surface area (Å²) in [6.07, 6.45) is 4.66. The highest BCUT2D eigenvalue weighted by Crippen LogP contribution is 2.26. The third-order valence-corrected chi connectivity index (χ3v) is 3.87. The number of carbonyl (C=O) groups is 1. The van der Waals surface area contributed by atoms with Crippen LogP contribution < -0.4 is 0 Å². The van der Waals surface area contributed by atoms with Gasteiger partial charge in [-0.2, -0.15) is 0 Å². The van der Waals surface area contributed by atoms with E-state index >= 15 is 0 Å². The van der Waals surface area contributed by atoms with Crippen LogP contribution in [-0.2, 0) is 4.74 Å². The van der Waals surface area contributed by atoms with Crippen LogP contribution in [0, 0.1) is 6.92 Å². The van der Waals surface area contributed by atoms with Gasteiger partial charge in [0.15, 0.2) is 0 Å². The average molecular weight is 313 g/mol. The van der Waals surface area contributed by atoms with Gasteiger partial charge in [-0.1, -0.05) is 6.08 Å². The summed E-state index contributed by atoms with van der Waals surface area (Å²) in [4.78, 5) is 21.9. The summed E-state index contributed by atoms with van der Waals surface area (Å²) in [5.41, 5.74) is 4.71. The van der Waals surface area contributed by atoms with Crippen LogP contribution in [0.3, 0.4) is 0 Å². The van der Waals surface area contributed by atoms with E-state index in [1.165, 1.54) is 0 Å². The SMILES string of the molecule is Cc1nc2cc[nH]c2cc1C1=CCCN(C(=O)OC(C)(C)C)C1. The first kappa shape index (κ1) is 15.6. The topological polar surface area (TPSA) is 58.2 Å². The second-order valence-electron chi connectivity index (χ2n) is 6.95. The number of nitrogens with one attached hydrogen (secondary N) is 1. The van der Waals surface area contributed by atoms with Gasteiger partial charge in [0.05, 0.1) is 11.0 Å². The van der Waals surface area contributed by atoms with E-state index in [2.05, 4.69) is 22.1 Å². The maximum Gasteiger partial charge on any atom is 0.410 e. The molecule has 0 aliphatic carbocycles. The van der Waals surface area contributed by atoms with E-state index in [1.54, 1.807) is 4.90 Å². The Hall–Kier alpha value is -2.30. The lowest BCUT2D eigenvalue weighted by Crippen LogP contribution is -2.39. The Morgan fingerprint density at radius 2 is 2.17 bits per heavy atom. The maximum atomic E-state index is 12.3. The first-order chi connectivity index (χ1) is 10.8. The van der Waals surface area contributed by atoms with Crippen molar-refractivity contribution in [3.05, 3.63) is 35.7 Å². The molecule has 5 heteroatoms. The minimum atomic E-state index is -0.473. The van der Waals surface area contributed by atoms with E-state index in [-0.39, 0.29) is 6.09 Å². The Labute approximate surface area is 136 Å². The van der Waals surface area contributed by atoms with Crippen LogP contribution in [0.5, 0.6) is 0 Å². The van der Waals surface area contributed by atoms with Crippen LogP contribution in [0.4, 0.5) is 4.79 Å². The van der Waals surface area contributed by atoms with Gasteiger partial charge in [0.1, 0.15) is 5.60 Å². The molecule has 122 valence electrons. The number of ether oxygens (including phenoxy) is 1. The lowest BCUT2D eigenvalue weighted by atomic mass is 9.99. The minimum Gasteiger partial charge on any atom is -0.444 e. The predicted molar refractivity (Wildman–Crippen MR) is 91.2 cm³/mol. The number of pyridine rings is 1. The van der Waals surface area contributed by atoms with E-state index in [0.717, 1.165) is 34.3 Å². The molecule has 0 spiro atoms. The summed E-state index contributed by atoms with van der Waals surface area (Å²) in [5, 5.41) is 0. The van der Waals surface area contributed by atoms with E-state index in [0.29, 0.717) is 13.1 Å². The number of amides is 1. The standard InChI is InChI=1S/C18H23N3O2/c1-12-14(10-16-15(20-12)7-8-19-16)13-6-5-9-21(11-13)17(22)23-18(2,3)4/h6-8,10,19H,5,9,11H2,1-4H3. The molecule has 0 unspecified atom stereocenters. The maximum absolute atomic E-state index is 12.3. The highest BCUT2D eigenvalue weighted by Gasteiger charge is 2.25. The molecule has 0 saturated carbocycles. The lowest BCUT2D eigenvalue weighted by molar-refractivity contribution is 0.0273. The second kappa shape index (κ2) is 5.72. The van der Waals surface area contributed by atoms with Crippen molar-refractivity contribution in [3.8, 4) is 0 Å². The minimum absolute atomic E-state index is 0.255. The van der Waals surface area contributed by atoms with Gasteiger partial charge < -0.3 is 14.6 Å². The van der Waals surface area contributed by atoms with Crippen molar-refractivity contribution in [2.45, 2.75) is 39.7 Å².